The maximum Gasteiger partial charge on any atom is 0.221 e. The van der Waals surface area contributed by atoms with Gasteiger partial charge in [-0.15, -0.1) is 0 Å². The fraction of sp³-hybridized carbons (Fsp3) is 0.250. The van der Waals surface area contributed by atoms with Crippen LogP contribution in [0.1, 0.15) is 55.4 Å². The molecule has 0 aliphatic carbocycles. The van der Waals surface area contributed by atoms with E-state index in [0.717, 1.165) is 22.2 Å². The molecule has 0 aliphatic rings. The van der Waals surface area contributed by atoms with Crippen LogP contribution in [-0.4, -0.2) is 10.9 Å². The van der Waals surface area contributed by atoms with Gasteiger partial charge < -0.3 is 10.3 Å². The molecule has 0 saturated carbocycles. The van der Waals surface area contributed by atoms with Crippen molar-refractivity contribution in [3.05, 3.63) is 107 Å². The summed E-state index contributed by atoms with van der Waals surface area (Å²) in [5.41, 5.74) is 5.92. The van der Waals surface area contributed by atoms with Crippen LogP contribution in [0.5, 0.6) is 0 Å². The van der Waals surface area contributed by atoms with Crippen molar-refractivity contribution in [2.75, 3.05) is 0 Å². The third kappa shape index (κ3) is 4.88. The number of rotatable bonds is 6. The lowest BCUT2D eigenvalue weighted by Gasteiger charge is -2.22. The van der Waals surface area contributed by atoms with E-state index < -0.39 is 0 Å². The Balaban J connectivity index is 1.62. The van der Waals surface area contributed by atoms with Crippen molar-refractivity contribution in [1.29, 1.82) is 0 Å². The van der Waals surface area contributed by atoms with Crippen LogP contribution < -0.4 is 5.32 Å². The molecule has 1 atom stereocenters. The van der Waals surface area contributed by atoms with Crippen molar-refractivity contribution in [1.82, 2.24) is 10.3 Å². The van der Waals surface area contributed by atoms with Crippen molar-refractivity contribution in [2.24, 2.45) is 0 Å². The summed E-state index contributed by atoms with van der Waals surface area (Å²) in [6.07, 6.45) is 2.46. The Hall–Kier alpha value is -3.33. The summed E-state index contributed by atoms with van der Waals surface area (Å²) in [6.45, 7) is 7.20. The molecule has 2 N–H and O–H groups in total. The Morgan fingerprint density at radius 2 is 1.58 bits per heavy atom. The third-order valence-corrected chi connectivity index (χ3v) is 5.90. The first-order chi connectivity index (χ1) is 14.9. The number of hydrogen-bond acceptors (Lipinski definition) is 1. The largest absolute Gasteiger partial charge is 0.361 e. The van der Waals surface area contributed by atoms with Crippen LogP contribution in [0, 0.1) is 0 Å². The number of aromatic nitrogens is 1. The maximum absolute atomic E-state index is 12.9. The van der Waals surface area contributed by atoms with Crippen LogP contribution in [0.3, 0.4) is 0 Å². The highest BCUT2D eigenvalue weighted by molar-refractivity contribution is 5.86. The van der Waals surface area contributed by atoms with E-state index in [1.807, 2.05) is 36.4 Å². The van der Waals surface area contributed by atoms with Gasteiger partial charge in [0.2, 0.25) is 5.91 Å². The molecule has 3 aromatic carbocycles. The van der Waals surface area contributed by atoms with Crippen molar-refractivity contribution in [3.8, 4) is 0 Å². The van der Waals surface area contributed by atoms with E-state index in [9.17, 15) is 4.79 Å². The van der Waals surface area contributed by atoms with Gasteiger partial charge in [0.25, 0.3) is 0 Å². The van der Waals surface area contributed by atoms with Gasteiger partial charge >= 0.3 is 0 Å². The highest BCUT2D eigenvalue weighted by Crippen LogP contribution is 2.34. The van der Waals surface area contributed by atoms with Crippen molar-refractivity contribution in [2.45, 2.75) is 45.1 Å². The fourth-order valence-electron chi connectivity index (χ4n) is 4.06. The zero-order valence-electron chi connectivity index (χ0n) is 18.5. The summed E-state index contributed by atoms with van der Waals surface area (Å²) < 4.78 is 0. The summed E-state index contributed by atoms with van der Waals surface area (Å²) in [5.74, 6) is 0.0416. The molecule has 158 valence electrons. The van der Waals surface area contributed by atoms with Crippen LogP contribution in [0.2, 0.25) is 0 Å². The smallest absolute Gasteiger partial charge is 0.221 e. The van der Waals surface area contributed by atoms with E-state index in [-0.39, 0.29) is 17.2 Å². The predicted molar refractivity (Wildman–Crippen MR) is 128 cm³/mol. The normalized spacial score (nSPS) is 12.6. The molecule has 1 aromatic heterocycles. The molecule has 4 aromatic rings. The minimum absolute atomic E-state index is 0.0130. The van der Waals surface area contributed by atoms with Gasteiger partial charge in [-0.05, 0) is 33.7 Å². The van der Waals surface area contributed by atoms with Gasteiger partial charge in [0, 0.05) is 36.0 Å². The molecule has 1 heterocycles. The second-order valence-corrected chi connectivity index (χ2v) is 9.18. The zero-order valence-corrected chi connectivity index (χ0v) is 18.5. The Morgan fingerprint density at radius 1 is 0.903 bits per heavy atom. The molecule has 0 fully saturated rings. The predicted octanol–water partition coefficient (Wildman–Crippen LogP) is 6.30. The van der Waals surface area contributed by atoms with E-state index in [2.05, 4.69) is 79.7 Å². The Kier molecular flexibility index (Phi) is 5.94. The monoisotopic (exact) mass is 410 g/mol. The lowest BCUT2D eigenvalue weighted by atomic mass is 9.83. The van der Waals surface area contributed by atoms with Gasteiger partial charge in [0.1, 0.15) is 0 Å². The highest BCUT2D eigenvalue weighted by atomic mass is 16.1. The van der Waals surface area contributed by atoms with Gasteiger partial charge in [0.15, 0.2) is 0 Å². The standard InChI is InChI=1S/C28H30N2O/c1-28(2,3)22-15-13-21(14-16-22)24(25-19-29-26-12-8-7-11-23(25)26)17-27(31)30-18-20-9-5-4-6-10-20/h4-16,19,24,29H,17-18H2,1-3H3,(H,30,31)/t24-/m0/s1. The summed E-state index contributed by atoms with van der Waals surface area (Å²) >= 11 is 0. The molecule has 3 heteroatoms. The molecule has 0 saturated heterocycles. The third-order valence-electron chi connectivity index (χ3n) is 5.90. The number of aromatic amines is 1. The molecule has 0 radical (unpaired) electrons. The zero-order chi connectivity index (χ0) is 21.8. The second-order valence-electron chi connectivity index (χ2n) is 9.18. The first-order valence-electron chi connectivity index (χ1n) is 10.9. The molecule has 4 rings (SSSR count). The summed E-state index contributed by atoms with van der Waals surface area (Å²) in [7, 11) is 0. The molecule has 0 aliphatic heterocycles. The maximum atomic E-state index is 12.9. The van der Waals surface area contributed by atoms with E-state index in [4.69, 9.17) is 0 Å². The number of carbonyl (C=O) groups is 1. The van der Waals surface area contributed by atoms with Gasteiger partial charge in [-0.2, -0.15) is 0 Å². The van der Waals surface area contributed by atoms with Crippen LogP contribution in [0.15, 0.2) is 85.1 Å². The SMILES string of the molecule is CC(C)(C)c1ccc([C@H](CC(=O)NCc2ccccc2)c2c[nH]c3ccccc23)cc1. The molecule has 3 nitrogen and oxygen atoms in total. The number of benzene rings is 3. The lowest BCUT2D eigenvalue weighted by molar-refractivity contribution is -0.121. The quantitative estimate of drug-likeness (QED) is 0.385. The summed E-state index contributed by atoms with van der Waals surface area (Å²) in [4.78, 5) is 16.3. The molecular weight excluding hydrogens is 380 g/mol. The number of para-hydroxylation sites is 1. The van der Waals surface area contributed by atoms with E-state index in [1.54, 1.807) is 0 Å². The minimum Gasteiger partial charge on any atom is -0.361 e. The van der Waals surface area contributed by atoms with Gasteiger partial charge in [-0.3, -0.25) is 4.79 Å². The van der Waals surface area contributed by atoms with E-state index >= 15 is 0 Å². The van der Waals surface area contributed by atoms with Crippen LogP contribution in [0.25, 0.3) is 10.9 Å². The van der Waals surface area contributed by atoms with Crippen LogP contribution in [0.4, 0.5) is 0 Å². The van der Waals surface area contributed by atoms with Crippen molar-refractivity contribution < 1.29 is 4.79 Å². The minimum atomic E-state index is -0.0130. The fourth-order valence-corrected chi connectivity index (χ4v) is 4.06. The molecule has 31 heavy (non-hydrogen) atoms. The van der Waals surface area contributed by atoms with Gasteiger partial charge in [-0.25, -0.2) is 0 Å². The van der Waals surface area contributed by atoms with Crippen LogP contribution >= 0.6 is 0 Å². The Labute approximate surface area is 184 Å². The Bertz CT molecular complexity index is 1150. The molecule has 0 unspecified atom stereocenters. The molecule has 1 amide bonds. The molecule has 0 bridgehead atoms. The number of carbonyl (C=O) groups excluding carboxylic acids is 1. The number of amides is 1. The average molecular weight is 411 g/mol. The highest BCUT2D eigenvalue weighted by Gasteiger charge is 2.22. The molecule has 0 spiro atoms. The topological polar surface area (TPSA) is 44.9 Å². The van der Waals surface area contributed by atoms with Gasteiger partial charge in [0.05, 0.1) is 0 Å². The van der Waals surface area contributed by atoms with Crippen molar-refractivity contribution >= 4 is 16.8 Å². The van der Waals surface area contributed by atoms with Crippen LogP contribution in [-0.2, 0) is 16.8 Å². The second kappa shape index (κ2) is 8.81. The average Bonchev–Trinajstić information content (AvgIpc) is 3.20. The van der Waals surface area contributed by atoms with Crippen molar-refractivity contribution in [3.63, 3.8) is 0 Å². The first kappa shape index (κ1) is 20.9. The number of hydrogen-bond donors (Lipinski definition) is 2. The number of nitrogens with one attached hydrogen (secondary N) is 2. The number of H-pyrrole nitrogens is 1. The van der Waals surface area contributed by atoms with E-state index in [0.29, 0.717) is 13.0 Å². The van der Waals surface area contributed by atoms with E-state index in [1.165, 1.54) is 10.9 Å². The summed E-state index contributed by atoms with van der Waals surface area (Å²) in [5, 5.41) is 4.27. The summed E-state index contributed by atoms with van der Waals surface area (Å²) in [6, 6.07) is 27.1. The first-order valence-corrected chi connectivity index (χ1v) is 10.9. The Morgan fingerprint density at radius 3 is 2.29 bits per heavy atom. The number of fused-ring (bicyclic) bond motifs is 1. The van der Waals surface area contributed by atoms with Gasteiger partial charge in [-0.1, -0.05) is 93.6 Å². The lowest BCUT2D eigenvalue weighted by Crippen LogP contribution is -2.25. The molecular formula is C28H30N2O.